The van der Waals surface area contributed by atoms with Gasteiger partial charge in [-0.1, -0.05) is 6.07 Å². The highest BCUT2D eigenvalue weighted by Crippen LogP contribution is 2.30. The van der Waals surface area contributed by atoms with Gasteiger partial charge in [0.05, 0.1) is 0 Å². The maximum atomic E-state index is 5.78. The zero-order valence-electron chi connectivity index (χ0n) is 11.2. The fourth-order valence-electron chi connectivity index (χ4n) is 2.15. The van der Waals surface area contributed by atoms with Crippen LogP contribution in [0.25, 0.3) is 0 Å². The van der Waals surface area contributed by atoms with Crippen LogP contribution < -0.4 is 15.2 Å². The van der Waals surface area contributed by atoms with Gasteiger partial charge in [-0.2, -0.15) is 0 Å². The molecule has 0 bridgehead atoms. The van der Waals surface area contributed by atoms with Gasteiger partial charge in [0.25, 0.3) is 0 Å². The van der Waals surface area contributed by atoms with Crippen molar-refractivity contribution in [3.05, 3.63) is 23.8 Å². The molecule has 1 atom stereocenters. The first kappa shape index (κ1) is 13.2. The molecule has 0 saturated heterocycles. The molecule has 2 N–H and O–H groups in total. The smallest absolute Gasteiger partial charge is 0.161 e. The summed E-state index contributed by atoms with van der Waals surface area (Å²) in [4.78, 5) is 2.25. The fraction of sp³-hybridized carbons (Fsp3) is 0.571. The van der Waals surface area contributed by atoms with Gasteiger partial charge in [-0.25, -0.2) is 0 Å². The molecule has 4 nitrogen and oxygen atoms in total. The second-order valence-corrected chi connectivity index (χ2v) is 4.97. The van der Waals surface area contributed by atoms with Gasteiger partial charge in [0, 0.05) is 19.1 Å². The molecular formula is C14H22N2O2. The van der Waals surface area contributed by atoms with Crippen molar-refractivity contribution in [2.75, 3.05) is 33.4 Å². The molecule has 0 aliphatic carbocycles. The SMILES string of the molecule is CC(N)CN(C)CCc1ccc2c(c1)OCCO2. The van der Waals surface area contributed by atoms with Crippen molar-refractivity contribution in [2.45, 2.75) is 19.4 Å². The Morgan fingerprint density at radius 2 is 2.00 bits per heavy atom. The van der Waals surface area contributed by atoms with E-state index < -0.39 is 0 Å². The van der Waals surface area contributed by atoms with E-state index in [2.05, 4.69) is 24.1 Å². The van der Waals surface area contributed by atoms with Gasteiger partial charge in [-0.15, -0.1) is 0 Å². The molecule has 18 heavy (non-hydrogen) atoms. The van der Waals surface area contributed by atoms with E-state index in [9.17, 15) is 0 Å². The molecule has 4 heteroatoms. The lowest BCUT2D eigenvalue weighted by Gasteiger charge is -2.21. The normalized spacial score (nSPS) is 15.8. The van der Waals surface area contributed by atoms with E-state index in [1.807, 2.05) is 13.0 Å². The quantitative estimate of drug-likeness (QED) is 0.855. The number of benzene rings is 1. The van der Waals surface area contributed by atoms with Crippen molar-refractivity contribution in [3.8, 4) is 11.5 Å². The van der Waals surface area contributed by atoms with Gasteiger partial charge in [0.2, 0.25) is 0 Å². The molecule has 1 aliphatic rings. The number of likely N-dealkylation sites (N-methyl/N-ethyl adjacent to an activating group) is 1. The minimum Gasteiger partial charge on any atom is -0.486 e. The number of hydrogen-bond acceptors (Lipinski definition) is 4. The highest BCUT2D eigenvalue weighted by atomic mass is 16.6. The molecule has 1 aromatic rings. The standard InChI is InChI=1S/C14H22N2O2/c1-11(15)10-16(2)6-5-12-3-4-13-14(9-12)18-8-7-17-13/h3-4,9,11H,5-8,10,15H2,1-2H3. The lowest BCUT2D eigenvalue weighted by Crippen LogP contribution is -2.34. The Balaban J connectivity index is 1.90. The lowest BCUT2D eigenvalue weighted by molar-refractivity contribution is 0.171. The van der Waals surface area contributed by atoms with E-state index in [1.165, 1.54) is 5.56 Å². The van der Waals surface area contributed by atoms with Crippen LogP contribution >= 0.6 is 0 Å². The summed E-state index contributed by atoms with van der Waals surface area (Å²) < 4.78 is 11.1. The van der Waals surface area contributed by atoms with E-state index in [-0.39, 0.29) is 6.04 Å². The molecule has 0 fully saturated rings. The average molecular weight is 250 g/mol. The van der Waals surface area contributed by atoms with E-state index >= 15 is 0 Å². The molecule has 1 heterocycles. The monoisotopic (exact) mass is 250 g/mol. The molecule has 2 rings (SSSR count). The summed E-state index contributed by atoms with van der Waals surface area (Å²) in [6, 6.07) is 6.40. The van der Waals surface area contributed by atoms with Crippen LogP contribution in [0.15, 0.2) is 18.2 Å². The van der Waals surface area contributed by atoms with Gasteiger partial charge >= 0.3 is 0 Å². The summed E-state index contributed by atoms with van der Waals surface area (Å²) in [5.41, 5.74) is 7.05. The fourth-order valence-corrected chi connectivity index (χ4v) is 2.15. The third-order valence-corrected chi connectivity index (χ3v) is 2.99. The molecular weight excluding hydrogens is 228 g/mol. The van der Waals surface area contributed by atoms with Crippen LogP contribution in [-0.2, 0) is 6.42 Å². The predicted octanol–water partition coefficient (Wildman–Crippen LogP) is 1.28. The molecule has 1 aromatic carbocycles. The van der Waals surface area contributed by atoms with E-state index in [0.29, 0.717) is 13.2 Å². The Labute approximate surface area is 109 Å². The van der Waals surface area contributed by atoms with Crippen LogP contribution in [0, 0.1) is 0 Å². The Bertz CT molecular complexity index is 393. The van der Waals surface area contributed by atoms with Crippen molar-refractivity contribution in [1.29, 1.82) is 0 Å². The van der Waals surface area contributed by atoms with Gasteiger partial charge in [0.1, 0.15) is 13.2 Å². The summed E-state index contributed by atoms with van der Waals surface area (Å²) in [5, 5.41) is 0. The summed E-state index contributed by atoms with van der Waals surface area (Å²) in [6.07, 6.45) is 1.000. The first-order valence-electron chi connectivity index (χ1n) is 6.48. The number of ether oxygens (including phenoxy) is 2. The highest BCUT2D eigenvalue weighted by Gasteiger charge is 2.11. The summed E-state index contributed by atoms with van der Waals surface area (Å²) in [7, 11) is 2.10. The van der Waals surface area contributed by atoms with E-state index in [1.54, 1.807) is 0 Å². The number of nitrogens with zero attached hydrogens (tertiary/aromatic N) is 1. The topological polar surface area (TPSA) is 47.7 Å². The Kier molecular flexibility index (Phi) is 4.44. The summed E-state index contributed by atoms with van der Waals surface area (Å²) in [5.74, 6) is 1.72. The van der Waals surface area contributed by atoms with E-state index in [4.69, 9.17) is 15.2 Å². The van der Waals surface area contributed by atoms with Gasteiger partial charge in [-0.05, 0) is 38.1 Å². The first-order chi connectivity index (χ1) is 8.65. The Morgan fingerprint density at radius 1 is 1.28 bits per heavy atom. The van der Waals surface area contributed by atoms with Crippen molar-refractivity contribution >= 4 is 0 Å². The second-order valence-electron chi connectivity index (χ2n) is 4.97. The van der Waals surface area contributed by atoms with Crippen LogP contribution in [0.3, 0.4) is 0 Å². The average Bonchev–Trinajstić information content (AvgIpc) is 2.35. The largest absolute Gasteiger partial charge is 0.486 e. The van der Waals surface area contributed by atoms with Crippen LogP contribution in [0.2, 0.25) is 0 Å². The first-order valence-corrected chi connectivity index (χ1v) is 6.48. The summed E-state index contributed by atoms with van der Waals surface area (Å²) >= 11 is 0. The zero-order chi connectivity index (χ0) is 13.0. The Morgan fingerprint density at radius 3 is 2.72 bits per heavy atom. The minimum atomic E-state index is 0.218. The van der Waals surface area contributed by atoms with Gasteiger partial charge in [-0.3, -0.25) is 0 Å². The molecule has 1 unspecified atom stereocenters. The highest BCUT2D eigenvalue weighted by molar-refractivity contribution is 5.43. The predicted molar refractivity (Wildman–Crippen MR) is 72.3 cm³/mol. The number of nitrogens with two attached hydrogens (primary N) is 1. The maximum absolute atomic E-state index is 5.78. The van der Waals surface area contributed by atoms with Crippen molar-refractivity contribution in [1.82, 2.24) is 4.90 Å². The third-order valence-electron chi connectivity index (χ3n) is 2.99. The molecule has 0 saturated carbocycles. The number of hydrogen-bond donors (Lipinski definition) is 1. The molecule has 1 aliphatic heterocycles. The second kappa shape index (κ2) is 6.07. The molecule has 0 amide bonds. The van der Waals surface area contributed by atoms with Crippen LogP contribution in [-0.4, -0.2) is 44.3 Å². The van der Waals surface area contributed by atoms with Gasteiger partial charge in [0.15, 0.2) is 11.5 Å². The Hall–Kier alpha value is -1.26. The van der Waals surface area contributed by atoms with Crippen molar-refractivity contribution in [3.63, 3.8) is 0 Å². The third kappa shape index (κ3) is 3.62. The van der Waals surface area contributed by atoms with Crippen molar-refractivity contribution < 1.29 is 9.47 Å². The number of rotatable bonds is 5. The maximum Gasteiger partial charge on any atom is 0.161 e. The van der Waals surface area contributed by atoms with Crippen LogP contribution in [0.4, 0.5) is 0 Å². The molecule has 0 spiro atoms. The van der Waals surface area contributed by atoms with Gasteiger partial charge < -0.3 is 20.1 Å². The van der Waals surface area contributed by atoms with Crippen molar-refractivity contribution in [2.24, 2.45) is 5.73 Å². The summed E-state index contributed by atoms with van der Waals surface area (Å²) in [6.45, 7) is 5.23. The lowest BCUT2D eigenvalue weighted by atomic mass is 10.1. The molecule has 0 radical (unpaired) electrons. The molecule has 0 aromatic heterocycles. The van der Waals surface area contributed by atoms with Crippen LogP contribution in [0.5, 0.6) is 11.5 Å². The van der Waals surface area contributed by atoms with E-state index in [0.717, 1.165) is 31.0 Å². The van der Waals surface area contributed by atoms with Crippen LogP contribution in [0.1, 0.15) is 12.5 Å². The molecule has 100 valence electrons. The minimum absolute atomic E-state index is 0.218. The zero-order valence-corrected chi connectivity index (χ0v) is 11.2. The number of fused-ring (bicyclic) bond motifs is 1.